The summed E-state index contributed by atoms with van der Waals surface area (Å²) in [5.74, 6) is 0. The van der Waals surface area contributed by atoms with Gasteiger partial charge < -0.3 is 0 Å². The number of hydrogen-bond donors (Lipinski definition) is 1. The van der Waals surface area contributed by atoms with Gasteiger partial charge in [0.05, 0.1) is 5.51 Å². The highest BCUT2D eigenvalue weighted by Gasteiger charge is 1.59. The molecule has 0 unspecified atom stereocenters. The van der Waals surface area contributed by atoms with Gasteiger partial charge in [0.15, 0.2) is 11.5 Å². The van der Waals surface area contributed by atoms with Crippen molar-refractivity contribution in [2.45, 2.75) is 0 Å². The minimum atomic E-state index is -0.250. The molecule has 8 heavy (non-hydrogen) atoms. The zero-order valence-corrected chi connectivity index (χ0v) is 5.54. The lowest BCUT2D eigenvalue weighted by Crippen LogP contribution is -1.38. The summed E-state index contributed by atoms with van der Waals surface area (Å²) >= 11 is 1.35. The summed E-state index contributed by atoms with van der Waals surface area (Å²) < 4.78 is 14.1. The third-order valence-electron chi connectivity index (χ3n) is 0.347. The molecular formula is C3H4N2OS2. The van der Waals surface area contributed by atoms with Gasteiger partial charge >= 0.3 is 0 Å². The van der Waals surface area contributed by atoms with Crippen molar-refractivity contribution in [1.29, 1.82) is 4.78 Å². The SMILES string of the molecule is N=S=O.c1cscn1. The molecule has 5 heteroatoms. The van der Waals surface area contributed by atoms with E-state index in [4.69, 9.17) is 8.99 Å². The molecule has 0 fully saturated rings. The molecule has 0 saturated carbocycles. The molecule has 0 aromatic carbocycles. The molecule has 1 heterocycles. The molecule has 1 aromatic heterocycles. The van der Waals surface area contributed by atoms with E-state index in [-0.39, 0.29) is 11.5 Å². The number of nitrogens with one attached hydrogen (secondary N) is 1. The van der Waals surface area contributed by atoms with Crippen LogP contribution in [0.4, 0.5) is 0 Å². The van der Waals surface area contributed by atoms with Gasteiger partial charge in [-0.3, -0.25) is 4.98 Å². The van der Waals surface area contributed by atoms with Gasteiger partial charge in [0.25, 0.3) is 0 Å². The summed E-state index contributed by atoms with van der Waals surface area (Å²) in [4.78, 5) is 3.74. The molecule has 0 aliphatic rings. The zero-order chi connectivity index (χ0) is 6.24. The highest BCUT2D eigenvalue weighted by Crippen LogP contribution is 1.85. The molecule has 0 spiro atoms. The second-order valence-electron chi connectivity index (χ2n) is 0.759. The minimum absolute atomic E-state index is 0.250. The molecule has 0 aliphatic heterocycles. The largest absolute Gasteiger partial charge is 0.253 e. The standard InChI is InChI=1S/C3H3NS.HNOS/c1-2-5-3-4-1;1-3-2/h1-3H;1H. The van der Waals surface area contributed by atoms with Crippen LogP contribution in [0.25, 0.3) is 0 Å². The van der Waals surface area contributed by atoms with Crippen molar-refractivity contribution in [1.82, 2.24) is 4.98 Å². The van der Waals surface area contributed by atoms with Crippen LogP contribution in [0.3, 0.4) is 0 Å². The Labute approximate surface area is 54.4 Å². The van der Waals surface area contributed by atoms with Gasteiger partial charge in [-0.05, 0) is 0 Å². The summed E-state index contributed by atoms with van der Waals surface area (Å²) in [7, 11) is 0. The first-order valence-corrected chi connectivity index (χ1v) is 3.38. The van der Waals surface area contributed by atoms with Crippen LogP contribution >= 0.6 is 11.3 Å². The lowest BCUT2D eigenvalue weighted by Gasteiger charge is -1.41. The Bertz CT molecular complexity index is 127. The molecular weight excluding hydrogens is 144 g/mol. The van der Waals surface area contributed by atoms with E-state index in [2.05, 4.69) is 4.98 Å². The first-order chi connectivity index (χ1) is 3.91. The summed E-state index contributed by atoms with van der Waals surface area (Å²) in [6, 6.07) is 0. The molecule has 1 rings (SSSR count). The summed E-state index contributed by atoms with van der Waals surface area (Å²) in [5.41, 5.74) is 1.79. The quantitative estimate of drug-likeness (QED) is 0.599. The van der Waals surface area contributed by atoms with E-state index < -0.39 is 0 Å². The normalized spacial score (nSPS) is 6.50. The summed E-state index contributed by atoms with van der Waals surface area (Å²) in [5, 5.41) is 1.93. The van der Waals surface area contributed by atoms with Crippen molar-refractivity contribution in [3.63, 3.8) is 0 Å². The summed E-state index contributed by atoms with van der Waals surface area (Å²) in [6.07, 6.45) is 1.77. The Hall–Kier alpha value is -0.550. The van der Waals surface area contributed by atoms with Crippen molar-refractivity contribution in [2.24, 2.45) is 0 Å². The Morgan fingerprint density at radius 1 is 1.75 bits per heavy atom. The number of hydrogen-bond acceptors (Lipinski definition) is 4. The lowest BCUT2D eigenvalue weighted by atomic mass is 11.0. The van der Waals surface area contributed by atoms with Crippen LogP contribution < -0.4 is 0 Å². The maximum Gasteiger partial charge on any atom is 0.196 e. The molecule has 0 radical (unpaired) electrons. The number of thiazole rings is 1. The second kappa shape index (κ2) is 6.45. The van der Waals surface area contributed by atoms with Crippen molar-refractivity contribution in [3.05, 3.63) is 17.1 Å². The van der Waals surface area contributed by atoms with Gasteiger partial charge in [0.2, 0.25) is 0 Å². The predicted octanol–water partition coefficient (Wildman–Crippen LogP) is 1.10. The second-order valence-corrected chi connectivity index (χ2v) is 1.68. The molecule has 44 valence electrons. The fraction of sp³-hybridized carbons (Fsp3) is 0. The van der Waals surface area contributed by atoms with Gasteiger partial charge in [0.1, 0.15) is 0 Å². The van der Waals surface area contributed by atoms with Crippen LogP contribution in [0.1, 0.15) is 0 Å². The predicted molar refractivity (Wildman–Crippen MR) is 33.0 cm³/mol. The fourth-order valence-corrected chi connectivity index (χ4v) is 0.527. The molecule has 0 aliphatic carbocycles. The van der Waals surface area contributed by atoms with Gasteiger partial charge in [-0.15, -0.1) is 11.3 Å². The van der Waals surface area contributed by atoms with E-state index in [0.717, 1.165) is 0 Å². The Balaban J connectivity index is 0.000000145. The third-order valence-corrected chi connectivity index (χ3v) is 0.869. The first-order valence-electron chi connectivity index (χ1n) is 1.69. The van der Waals surface area contributed by atoms with E-state index in [1.807, 2.05) is 5.38 Å². The zero-order valence-electron chi connectivity index (χ0n) is 3.90. The third kappa shape index (κ3) is 5.45. The fourth-order valence-electron chi connectivity index (χ4n) is 0.176. The minimum Gasteiger partial charge on any atom is -0.253 e. The Morgan fingerprint density at radius 2 is 2.38 bits per heavy atom. The Kier molecular flexibility index (Phi) is 6.01. The molecule has 0 atom stereocenters. The van der Waals surface area contributed by atoms with Crippen molar-refractivity contribution >= 4 is 22.8 Å². The lowest BCUT2D eigenvalue weighted by molar-refractivity contribution is 0.697. The van der Waals surface area contributed by atoms with Gasteiger partial charge in [-0.2, -0.15) is 4.21 Å². The first kappa shape index (κ1) is 7.45. The van der Waals surface area contributed by atoms with Crippen LogP contribution in [-0.2, 0) is 11.5 Å². The number of aromatic nitrogens is 1. The summed E-state index contributed by atoms with van der Waals surface area (Å²) in [6.45, 7) is 0. The van der Waals surface area contributed by atoms with Gasteiger partial charge in [-0.25, -0.2) is 4.78 Å². The van der Waals surface area contributed by atoms with E-state index >= 15 is 0 Å². The maximum absolute atomic E-state index is 8.51. The molecule has 0 bridgehead atoms. The highest BCUT2D eigenvalue weighted by atomic mass is 32.1. The van der Waals surface area contributed by atoms with E-state index in [0.29, 0.717) is 0 Å². The number of nitrogens with zero attached hydrogens (tertiary/aromatic N) is 1. The van der Waals surface area contributed by atoms with Crippen molar-refractivity contribution < 1.29 is 4.21 Å². The van der Waals surface area contributed by atoms with Crippen molar-refractivity contribution in [2.75, 3.05) is 0 Å². The smallest absolute Gasteiger partial charge is 0.196 e. The van der Waals surface area contributed by atoms with Crippen LogP contribution in [-0.4, -0.2) is 9.19 Å². The van der Waals surface area contributed by atoms with Crippen LogP contribution in [0.2, 0.25) is 0 Å². The maximum atomic E-state index is 8.51. The van der Waals surface area contributed by atoms with Gasteiger partial charge in [-0.1, -0.05) is 0 Å². The van der Waals surface area contributed by atoms with Crippen LogP contribution in [0.5, 0.6) is 0 Å². The molecule has 1 N–H and O–H groups in total. The molecule has 0 saturated heterocycles. The topological polar surface area (TPSA) is 53.8 Å². The monoisotopic (exact) mass is 148 g/mol. The average Bonchev–Trinajstić information content (AvgIpc) is 2.17. The molecule has 1 aromatic rings. The Morgan fingerprint density at radius 3 is 2.50 bits per heavy atom. The van der Waals surface area contributed by atoms with Gasteiger partial charge in [0, 0.05) is 11.6 Å². The van der Waals surface area contributed by atoms with Crippen LogP contribution in [0.15, 0.2) is 17.1 Å². The average molecular weight is 148 g/mol. The van der Waals surface area contributed by atoms with Crippen molar-refractivity contribution in [3.8, 4) is 0 Å². The van der Waals surface area contributed by atoms with E-state index in [1.54, 1.807) is 23.0 Å². The van der Waals surface area contributed by atoms with E-state index in [1.165, 1.54) is 0 Å². The number of rotatable bonds is 0. The van der Waals surface area contributed by atoms with E-state index in [9.17, 15) is 0 Å². The highest BCUT2D eigenvalue weighted by molar-refractivity contribution is 7.53. The molecule has 0 amide bonds. The molecule has 3 nitrogen and oxygen atoms in total. The van der Waals surface area contributed by atoms with Crippen LogP contribution in [0, 0.1) is 4.78 Å².